The molecule has 0 saturated heterocycles. The van der Waals surface area contributed by atoms with Crippen LogP contribution in [-0.4, -0.2) is 29.3 Å². The fraction of sp³-hybridized carbons (Fsp3) is 0.333. The fourth-order valence-corrected chi connectivity index (χ4v) is 3.92. The molecule has 0 N–H and O–H groups in total. The maximum Gasteiger partial charge on any atom is 0.257 e. The summed E-state index contributed by atoms with van der Waals surface area (Å²) in [7, 11) is 1.66. The van der Waals surface area contributed by atoms with E-state index in [4.69, 9.17) is 9.73 Å². The number of ether oxygens (including phenoxy) is 1. The summed E-state index contributed by atoms with van der Waals surface area (Å²) in [6.07, 6.45) is 0.785. The minimum Gasteiger partial charge on any atom is -0.497 e. The highest BCUT2D eigenvalue weighted by Crippen LogP contribution is 2.58. The predicted octanol–water partition coefficient (Wildman–Crippen LogP) is 3.94. The van der Waals surface area contributed by atoms with Gasteiger partial charge in [0.1, 0.15) is 17.1 Å². The van der Waals surface area contributed by atoms with E-state index in [0.717, 1.165) is 29.1 Å². The Morgan fingerprint density at radius 2 is 1.84 bits per heavy atom. The van der Waals surface area contributed by atoms with Gasteiger partial charge in [-0.15, -0.1) is 0 Å². The number of aliphatic imine (C=N–C) groups is 1. The van der Waals surface area contributed by atoms with Gasteiger partial charge in [0, 0.05) is 5.92 Å². The number of methoxy groups -OCH3 is 1. The summed E-state index contributed by atoms with van der Waals surface area (Å²) in [6, 6.07) is 18.1. The predicted molar refractivity (Wildman–Crippen MR) is 97.9 cm³/mol. The van der Waals surface area contributed by atoms with E-state index in [1.54, 1.807) is 7.11 Å². The van der Waals surface area contributed by atoms with E-state index in [1.807, 2.05) is 54.3 Å². The van der Waals surface area contributed by atoms with E-state index in [9.17, 15) is 4.79 Å². The van der Waals surface area contributed by atoms with Crippen LogP contribution < -0.4 is 4.74 Å². The first-order chi connectivity index (χ1) is 12.1. The largest absolute Gasteiger partial charge is 0.497 e. The number of carbonyl (C=O) groups excluding carboxylic acids is 1. The molecule has 2 aromatic carbocycles. The second kappa shape index (κ2) is 5.73. The van der Waals surface area contributed by atoms with Crippen LogP contribution in [0, 0.1) is 0 Å². The quantitative estimate of drug-likeness (QED) is 0.850. The molecule has 0 unspecified atom stereocenters. The lowest BCUT2D eigenvalue weighted by Crippen LogP contribution is -2.37. The number of rotatable bonds is 4. The zero-order chi connectivity index (χ0) is 17.6. The molecule has 0 aromatic heterocycles. The van der Waals surface area contributed by atoms with Gasteiger partial charge in [0.25, 0.3) is 5.91 Å². The third kappa shape index (κ3) is 2.44. The molecule has 1 amide bonds. The summed E-state index contributed by atoms with van der Waals surface area (Å²) >= 11 is 0. The SMILES string of the molecule is COc1ccc([C@H]2C[C@@]23N=C(C)N([C@@H](C)c2ccccc2)C3=O)cc1. The van der Waals surface area contributed by atoms with Gasteiger partial charge in [0.15, 0.2) is 0 Å². The van der Waals surface area contributed by atoms with Gasteiger partial charge in [-0.2, -0.15) is 0 Å². The number of amides is 1. The van der Waals surface area contributed by atoms with E-state index in [1.165, 1.54) is 0 Å². The Kier molecular flexibility index (Phi) is 3.64. The average Bonchev–Trinajstić information content (AvgIpc) is 3.31. The molecule has 1 spiro atoms. The lowest BCUT2D eigenvalue weighted by molar-refractivity contribution is -0.129. The maximum absolute atomic E-state index is 13.2. The first kappa shape index (κ1) is 15.9. The van der Waals surface area contributed by atoms with Crippen molar-refractivity contribution >= 4 is 11.7 Å². The first-order valence-corrected chi connectivity index (χ1v) is 8.66. The van der Waals surface area contributed by atoms with E-state index in [0.29, 0.717) is 0 Å². The van der Waals surface area contributed by atoms with Crippen LogP contribution in [0.2, 0.25) is 0 Å². The molecule has 128 valence electrons. The summed E-state index contributed by atoms with van der Waals surface area (Å²) in [5.41, 5.74) is 1.69. The van der Waals surface area contributed by atoms with E-state index < -0.39 is 5.54 Å². The van der Waals surface area contributed by atoms with Gasteiger partial charge >= 0.3 is 0 Å². The van der Waals surface area contributed by atoms with Crippen LogP contribution in [0.3, 0.4) is 0 Å². The van der Waals surface area contributed by atoms with Crippen molar-refractivity contribution in [3.05, 3.63) is 65.7 Å². The zero-order valence-electron chi connectivity index (χ0n) is 14.8. The summed E-state index contributed by atoms with van der Waals surface area (Å²) in [6.45, 7) is 4.01. The molecule has 1 heterocycles. The van der Waals surface area contributed by atoms with Gasteiger partial charge in [0.2, 0.25) is 0 Å². The third-order valence-electron chi connectivity index (χ3n) is 5.42. The maximum atomic E-state index is 13.2. The Labute approximate surface area is 148 Å². The third-order valence-corrected chi connectivity index (χ3v) is 5.42. The van der Waals surface area contributed by atoms with E-state index in [-0.39, 0.29) is 17.9 Å². The second-order valence-corrected chi connectivity index (χ2v) is 6.87. The normalized spacial score (nSPS) is 25.9. The van der Waals surface area contributed by atoms with Crippen LogP contribution in [0.25, 0.3) is 0 Å². The molecule has 2 aliphatic rings. The van der Waals surface area contributed by atoms with Crippen LogP contribution in [0.4, 0.5) is 0 Å². The molecule has 1 saturated carbocycles. The Bertz CT molecular complexity index is 829. The highest BCUT2D eigenvalue weighted by Gasteiger charge is 2.65. The fourth-order valence-electron chi connectivity index (χ4n) is 3.92. The molecule has 0 radical (unpaired) electrons. The van der Waals surface area contributed by atoms with Crippen molar-refractivity contribution in [2.75, 3.05) is 7.11 Å². The zero-order valence-corrected chi connectivity index (χ0v) is 14.8. The lowest BCUT2D eigenvalue weighted by Gasteiger charge is -2.25. The number of nitrogens with zero attached hydrogens (tertiary/aromatic N) is 2. The topological polar surface area (TPSA) is 41.9 Å². The van der Waals surface area contributed by atoms with E-state index >= 15 is 0 Å². The van der Waals surface area contributed by atoms with Crippen molar-refractivity contribution in [1.29, 1.82) is 0 Å². The number of hydrogen-bond donors (Lipinski definition) is 0. The molecule has 2 aromatic rings. The van der Waals surface area contributed by atoms with Gasteiger partial charge in [-0.1, -0.05) is 42.5 Å². The van der Waals surface area contributed by atoms with Crippen molar-refractivity contribution in [3.8, 4) is 5.75 Å². The Hall–Kier alpha value is -2.62. The minimum atomic E-state index is -0.596. The molecule has 1 aliphatic heterocycles. The van der Waals surface area contributed by atoms with Gasteiger partial charge in [-0.25, -0.2) is 0 Å². The lowest BCUT2D eigenvalue weighted by atomic mass is 10.0. The van der Waals surface area contributed by atoms with Crippen LogP contribution in [0.1, 0.15) is 43.4 Å². The molecule has 1 fully saturated rings. The number of hydrogen-bond acceptors (Lipinski definition) is 3. The average molecular weight is 334 g/mol. The van der Waals surface area contributed by atoms with Gasteiger partial charge in [0.05, 0.1) is 13.2 Å². The number of carbonyl (C=O) groups is 1. The number of amidine groups is 1. The summed E-state index contributed by atoms with van der Waals surface area (Å²) < 4.78 is 5.22. The van der Waals surface area contributed by atoms with Crippen molar-refractivity contribution in [3.63, 3.8) is 0 Å². The van der Waals surface area contributed by atoms with Crippen LogP contribution in [-0.2, 0) is 4.79 Å². The summed E-state index contributed by atoms with van der Waals surface area (Å²) in [5, 5.41) is 0. The molecular weight excluding hydrogens is 312 g/mol. The minimum absolute atomic E-state index is 0.00561. The van der Waals surface area contributed by atoms with Crippen LogP contribution in [0.5, 0.6) is 5.75 Å². The summed E-state index contributed by atoms with van der Waals surface area (Å²) in [4.78, 5) is 19.9. The van der Waals surface area contributed by atoms with E-state index in [2.05, 4.69) is 19.1 Å². The first-order valence-electron chi connectivity index (χ1n) is 8.66. The second-order valence-electron chi connectivity index (χ2n) is 6.87. The molecule has 1 aliphatic carbocycles. The molecule has 3 atom stereocenters. The highest BCUT2D eigenvalue weighted by atomic mass is 16.5. The van der Waals surface area contributed by atoms with Crippen molar-refractivity contribution in [2.24, 2.45) is 4.99 Å². The monoisotopic (exact) mass is 334 g/mol. The molecule has 4 heteroatoms. The van der Waals surface area contributed by atoms with Crippen LogP contribution >= 0.6 is 0 Å². The Morgan fingerprint density at radius 3 is 2.48 bits per heavy atom. The number of benzene rings is 2. The van der Waals surface area contributed by atoms with Gasteiger partial charge in [-0.05, 0) is 43.5 Å². The van der Waals surface area contributed by atoms with Crippen molar-refractivity contribution in [2.45, 2.75) is 37.8 Å². The van der Waals surface area contributed by atoms with Crippen LogP contribution in [0.15, 0.2) is 59.6 Å². The Morgan fingerprint density at radius 1 is 1.16 bits per heavy atom. The molecule has 4 rings (SSSR count). The van der Waals surface area contributed by atoms with Crippen molar-refractivity contribution in [1.82, 2.24) is 4.90 Å². The Balaban J connectivity index is 1.59. The van der Waals surface area contributed by atoms with Gasteiger partial charge < -0.3 is 4.74 Å². The molecule has 25 heavy (non-hydrogen) atoms. The highest BCUT2D eigenvalue weighted by molar-refractivity contribution is 6.10. The molecule has 4 nitrogen and oxygen atoms in total. The molecule has 0 bridgehead atoms. The van der Waals surface area contributed by atoms with Gasteiger partial charge in [-0.3, -0.25) is 14.7 Å². The summed E-state index contributed by atoms with van der Waals surface area (Å²) in [5.74, 6) is 1.93. The molecular formula is C21H22N2O2. The smallest absolute Gasteiger partial charge is 0.257 e. The standard InChI is InChI=1S/C21H22N2O2/c1-14(16-7-5-4-6-8-16)23-15(2)22-21(20(23)24)13-19(21)17-9-11-18(25-3)12-10-17/h4-12,14,19H,13H2,1-3H3/t14-,19+,21+/m0/s1. The van der Waals surface area contributed by atoms with Crippen molar-refractivity contribution < 1.29 is 9.53 Å².